The molecule has 0 bridgehead atoms. The first kappa shape index (κ1) is 21.6. The van der Waals surface area contributed by atoms with E-state index in [1.54, 1.807) is 0 Å². The Balaban J connectivity index is 2.59. The van der Waals surface area contributed by atoms with Gasteiger partial charge in [-0.25, -0.2) is 0 Å². The van der Waals surface area contributed by atoms with Crippen LogP contribution < -0.4 is 15.4 Å². The van der Waals surface area contributed by atoms with Crippen LogP contribution in [0, 0.1) is 0 Å². The zero-order valence-electron chi connectivity index (χ0n) is 14.0. The number of halogens is 7. The van der Waals surface area contributed by atoms with Crippen molar-refractivity contribution < 1.29 is 35.9 Å². The highest BCUT2D eigenvalue weighted by Gasteiger charge is 2.73. The first-order valence-electron chi connectivity index (χ1n) is 7.40. The van der Waals surface area contributed by atoms with Gasteiger partial charge in [0.15, 0.2) is 0 Å². The molecular formula is C16H12ClF6N3O2. The first-order valence-corrected chi connectivity index (χ1v) is 7.78. The molecule has 0 atom stereocenters. The molecule has 0 aliphatic carbocycles. The minimum absolute atomic E-state index is 0.155. The summed E-state index contributed by atoms with van der Waals surface area (Å²) in [6, 6.07) is 6.63. The summed E-state index contributed by atoms with van der Waals surface area (Å²) < 4.78 is 86.8. The average Bonchev–Trinajstić information content (AvgIpc) is 2.60. The van der Waals surface area contributed by atoms with Gasteiger partial charge in [-0.1, -0.05) is 17.7 Å². The predicted molar refractivity (Wildman–Crippen MR) is 88.2 cm³/mol. The summed E-state index contributed by atoms with van der Waals surface area (Å²) in [5.41, 5.74) is -6.21. The second kappa shape index (κ2) is 7.74. The molecule has 2 N–H and O–H groups in total. The lowest BCUT2D eigenvalue weighted by molar-refractivity contribution is -0.294. The molecule has 1 heterocycles. The molecule has 28 heavy (non-hydrogen) atoms. The van der Waals surface area contributed by atoms with Crippen LogP contribution in [0.3, 0.4) is 0 Å². The monoisotopic (exact) mass is 427 g/mol. The number of carbonyl (C=O) groups excluding carboxylic acids is 1. The number of benzene rings is 1. The fraction of sp³-hybridized carbons (Fsp3) is 0.250. The van der Waals surface area contributed by atoms with Gasteiger partial charge in [-0.05, 0) is 30.3 Å². The van der Waals surface area contributed by atoms with E-state index in [2.05, 4.69) is 4.98 Å². The van der Waals surface area contributed by atoms with Crippen molar-refractivity contribution in [3.05, 3.63) is 53.3 Å². The minimum atomic E-state index is -6.00. The number of methoxy groups -OCH3 is 1. The Morgan fingerprint density at radius 1 is 1.07 bits per heavy atom. The number of hydrogen-bond acceptors (Lipinski definition) is 4. The van der Waals surface area contributed by atoms with Crippen LogP contribution in [-0.4, -0.2) is 36.0 Å². The molecule has 0 aliphatic heterocycles. The van der Waals surface area contributed by atoms with E-state index in [1.807, 2.05) is 0 Å². The van der Waals surface area contributed by atoms with Crippen molar-refractivity contribution in [1.82, 2.24) is 10.3 Å². The molecule has 1 amide bonds. The van der Waals surface area contributed by atoms with Crippen molar-refractivity contribution in [3.63, 3.8) is 0 Å². The number of nitrogens with one attached hydrogen (secondary N) is 2. The molecule has 152 valence electrons. The molecule has 1 aromatic carbocycles. The molecule has 0 saturated heterocycles. The third kappa shape index (κ3) is 4.24. The summed E-state index contributed by atoms with van der Waals surface area (Å²) in [6.07, 6.45) is -10.9. The number of amides is 1. The molecule has 2 aromatic rings. The lowest BCUT2D eigenvalue weighted by Gasteiger charge is -2.39. The summed E-state index contributed by atoms with van der Waals surface area (Å²) in [6.45, 7) is 0. The maximum Gasteiger partial charge on any atom is 0.439 e. The van der Waals surface area contributed by atoms with Crippen LogP contribution in [0.25, 0.3) is 0 Å². The van der Waals surface area contributed by atoms with Gasteiger partial charge in [-0.2, -0.15) is 26.3 Å². The molecule has 1 aromatic heterocycles. The predicted octanol–water partition coefficient (Wildman–Crippen LogP) is 4.41. The van der Waals surface area contributed by atoms with Gasteiger partial charge in [0.2, 0.25) is 0 Å². The highest BCUT2D eigenvalue weighted by Crippen LogP contribution is 2.45. The Morgan fingerprint density at radius 2 is 1.71 bits per heavy atom. The SMILES string of the molecule is COc1ccc(Cl)cc1NC(NC(=O)c1ccccn1)(C(F)(F)F)C(F)(F)F. The Morgan fingerprint density at radius 3 is 2.21 bits per heavy atom. The number of anilines is 1. The number of hydrogen-bond donors (Lipinski definition) is 2. The van der Waals surface area contributed by atoms with Crippen LogP contribution in [0.15, 0.2) is 42.6 Å². The first-order chi connectivity index (χ1) is 12.9. The lowest BCUT2D eigenvalue weighted by Crippen LogP contribution is -2.72. The Hall–Kier alpha value is -2.69. The van der Waals surface area contributed by atoms with E-state index in [0.717, 1.165) is 36.8 Å². The van der Waals surface area contributed by atoms with Gasteiger partial charge >= 0.3 is 18.0 Å². The topological polar surface area (TPSA) is 63.2 Å². The number of aromatic nitrogens is 1. The van der Waals surface area contributed by atoms with Crippen molar-refractivity contribution in [2.75, 3.05) is 12.4 Å². The molecule has 0 fully saturated rings. The van der Waals surface area contributed by atoms with E-state index in [9.17, 15) is 31.1 Å². The van der Waals surface area contributed by atoms with Crippen molar-refractivity contribution in [2.45, 2.75) is 18.0 Å². The lowest BCUT2D eigenvalue weighted by atomic mass is 10.1. The zero-order chi connectivity index (χ0) is 21.2. The van der Waals surface area contributed by atoms with Gasteiger partial charge < -0.3 is 15.4 Å². The van der Waals surface area contributed by atoms with Crippen LogP contribution in [0.4, 0.5) is 32.0 Å². The Labute approximate surface area is 159 Å². The van der Waals surface area contributed by atoms with Gasteiger partial charge in [-0.3, -0.25) is 9.78 Å². The zero-order valence-corrected chi connectivity index (χ0v) is 14.7. The van der Waals surface area contributed by atoms with Crippen molar-refractivity contribution in [1.29, 1.82) is 0 Å². The third-order valence-corrected chi connectivity index (χ3v) is 3.77. The smallest absolute Gasteiger partial charge is 0.439 e. The third-order valence-electron chi connectivity index (χ3n) is 3.53. The van der Waals surface area contributed by atoms with E-state index in [0.29, 0.717) is 0 Å². The van der Waals surface area contributed by atoms with E-state index in [1.165, 1.54) is 23.5 Å². The Bertz CT molecular complexity index is 829. The molecule has 0 radical (unpaired) electrons. The van der Waals surface area contributed by atoms with Gasteiger partial charge in [0.25, 0.3) is 5.91 Å². The molecule has 0 aliphatic rings. The fourth-order valence-electron chi connectivity index (χ4n) is 2.19. The Kier molecular flexibility index (Phi) is 5.97. The molecular weight excluding hydrogens is 416 g/mol. The number of nitrogens with zero attached hydrogens (tertiary/aromatic N) is 1. The van der Waals surface area contributed by atoms with Gasteiger partial charge in [-0.15, -0.1) is 0 Å². The second-order valence-corrected chi connectivity index (χ2v) is 5.82. The van der Waals surface area contributed by atoms with Gasteiger partial charge in [0.05, 0.1) is 12.8 Å². The fourth-order valence-corrected chi connectivity index (χ4v) is 2.36. The van der Waals surface area contributed by atoms with E-state index < -0.39 is 35.3 Å². The highest BCUT2D eigenvalue weighted by molar-refractivity contribution is 6.30. The summed E-state index contributed by atoms with van der Waals surface area (Å²) in [4.78, 5) is 15.6. The van der Waals surface area contributed by atoms with E-state index >= 15 is 0 Å². The normalized spacial score (nSPS) is 12.4. The summed E-state index contributed by atoms with van der Waals surface area (Å²) >= 11 is 5.68. The summed E-state index contributed by atoms with van der Waals surface area (Å²) in [5.74, 6) is -2.04. The molecule has 0 saturated carbocycles. The molecule has 2 rings (SSSR count). The minimum Gasteiger partial charge on any atom is -0.495 e. The maximum absolute atomic E-state index is 13.7. The van der Waals surface area contributed by atoms with Crippen molar-refractivity contribution >= 4 is 23.2 Å². The van der Waals surface area contributed by atoms with E-state index in [-0.39, 0.29) is 10.8 Å². The van der Waals surface area contributed by atoms with Crippen LogP contribution >= 0.6 is 11.6 Å². The highest BCUT2D eigenvalue weighted by atomic mass is 35.5. The maximum atomic E-state index is 13.7. The molecule has 5 nitrogen and oxygen atoms in total. The largest absolute Gasteiger partial charge is 0.495 e. The van der Waals surface area contributed by atoms with Crippen LogP contribution in [-0.2, 0) is 0 Å². The number of pyridine rings is 1. The molecule has 0 spiro atoms. The van der Waals surface area contributed by atoms with Crippen molar-refractivity contribution in [3.8, 4) is 5.75 Å². The molecule has 0 unspecified atom stereocenters. The second-order valence-electron chi connectivity index (χ2n) is 5.38. The molecule has 12 heteroatoms. The van der Waals surface area contributed by atoms with E-state index in [4.69, 9.17) is 16.3 Å². The van der Waals surface area contributed by atoms with Crippen molar-refractivity contribution in [2.24, 2.45) is 0 Å². The number of alkyl halides is 6. The number of carbonyl (C=O) groups is 1. The van der Waals surface area contributed by atoms with Crippen LogP contribution in [0.5, 0.6) is 5.75 Å². The number of ether oxygens (including phenoxy) is 1. The summed E-state index contributed by atoms with van der Waals surface area (Å²) in [7, 11) is 1.05. The standard InChI is InChI=1S/C16H12ClF6N3O2/c1-28-12-6-5-9(17)8-11(12)25-14(15(18,19)20,16(21,22)23)26-13(27)10-4-2-3-7-24-10/h2-8,25H,1H3,(H,26,27). The quantitative estimate of drug-likeness (QED) is 0.548. The van der Waals surface area contributed by atoms with Gasteiger partial charge in [0.1, 0.15) is 11.4 Å². The van der Waals surface area contributed by atoms with Crippen LogP contribution in [0.2, 0.25) is 5.02 Å². The summed E-state index contributed by atoms with van der Waals surface area (Å²) in [5, 5.41) is 2.14. The van der Waals surface area contributed by atoms with Gasteiger partial charge in [0, 0.05) is 11.2 Å². The van der Waals surface area contributed by atoms with Crippen LogP contribution in [0.1, 0.15) is 10.5 Å². The average molecular weight is 428 g/mol. The number of rotatable bonds is 5.